The number of halogens is 3. The van der Waals surface area contributed by atoms with Crippen LogP contribution in [-0.2, 0) is 0 Å². The smallest absolute Gasteiger partial charge is 0.137 e. The van der Waals surface area contributed by atoms with Crippen LogP contribution < -0.4 is 0 Å². The molecule has 0 amide bonds. The van der Waals surface area contributed by atoms with Crippen LogP contribution in [0, 0.1) is 17.5 Å². The molecule has 1 aromatic heterocycles. The molecule has 3 rings (SSSR count). The van der Waals surface area contributed by atoms with Gasteiger partial charge in [-0.2, -0.15) is 0 Å². The van der Waals surface area contributed by atoms with E-state index in [9.17, 15) is 13.2 Å². The van der Waals surface area contributed by atoms with Crippen LogP contribution in [0.5, 0.6) is 0 Å². The molecule has 1 N–H and O–H groups in total. The van der Waals surface area contributed by atoms with Crippen molar-refractivity contribution in [3.63, 3.8) is 0 Å². The maximum absolute atomic E-state index is 13.2. The van der Waals surface area contributed by atoms with E-state index in [0.717, 1.165) is 6.07 Å². The third-order valence-corrected chi connectivity index (χ3v) is 2.85. The molecule has 100 valence electrons. The van der Waals surface area contributed by atoms with Crippen LogP contribution >= 0.6 is 0 Å². The van der Waals surface area contributed by atoms with Crippen molar-refractivity contribution in [3.05, 3.63) is 66.1 Å². The van der Waals surface area contributed by atoms with Crippen molar-refractivity contribution >= 4 is 0 Å². The second-order valence-corrected chi connectivity index (χ2v) is 4.31. The van der Waals surface area contributed by atoms with E-state index in [2.05, 4.69) is 9.97 Å². The van der Waals surface area contributed by atoms with E-state index in [4.69, 9.17) is 0 Å². The predicted molar refractivity (Wildman–Crippen MR) is 69.3 cm³/mol. The number of aromatic nitrogens is 2. The summed E-state index contributed by atoms with van der Waals surface area (Å²) in [6.07, 6.45) is 1.45. The summed E-state index contributed by atoms with van der Waals surface area (Å²) in [5, 5.41) is 0. The molecule has 0 bridgehead atoms. The largest absolute Gasteiger partial charge is 0.338 e. The Hall–Kier alpha value is -2.56. The topological polar surface area (TPSA) is 28.7 Å². The van der Waals surface area contributed by atoms with E-state index >= 15 is 0 Å². The highest BCUT2D eigenvalue weighted by Gasteiger charge is 2.08. The lowest BCUT2D eigenvalue weighted by molar-refractivity contribution is 0.584. The summed E-state index contributed by atoms with van der Waals surface area (Å²) in [7, 11) is 0. The Labute approximate surface area is 112 Å². The number of nitrogens with zero attached hydrogens (tertiary/aromatic N) is 1. The average molecular weight is 274 g/mol. The molecule has 0 unspecified atom stereocenters. The summed E-state index contributed by atoms with van der Waals surface area (Å²) >= 11 is 0. The predicted octanol–water partition coefficient (Wildman–Crippen LogP) is 4.16. The van der Waals surface area contributed by atoms with Crippen LogP contribution in [-0.4, -0.2) is 9.97 Å². The first-order valence-corrected chi connectivity index (χ1v) is 5.89. The minimum Gasteiger partial charge on any atom is -0.338 e. The maximum Gasteiger partial charge on any atom is 0.137 e. The van der Waals surface area contributed by atoms with Crippen molar-refractivity contribution in [1.82, 2.24) is 9.97 Å². The Bertz CT molecular complexity index is 745. The second kappa shape index (κ2) is 4.85. The molecule has 20 heavy (non-hydrogen) atoms. The molecule has 0 saturated heterocycles. The second-order valence-electron chi connectivity index (χ2n) is 4.31. The molecule has 0 saturated carbocycles. The van der Waals surface area contributed by atoms with E-state index in [1.54, 1.807) is 12.1 Å². The molecule has 0 aliphatic carbocycles. The number of nitrogens with one attached hydrogen (secondary N) is 1. The molecule has 0 atom stereocenters. The van der Waals surface area contributed by atoms with Crippen molar-refractivity contribution in [2.45, 2.75) is 0 Å². The van der Waals surface area contributed by atoms with Crippen molar-refractivity contribution in [3.8, 4) is 22.6 Å². The standard InChI is InChI=1S/C15H9F3N2/c16-11-3-1-2-9(4-11)15-19-8-14(20-15)10-5-12(17)7-13(18)6-10/h1-8H,(H,19,20). The van der Waals surface area contributed by atoms with Gasteiger partial charge in [0, 0.05) is 17.2 Å². The molecule has 0 fully saturated rings. The number of hydrogen-bond acceptors (Lipinski definition) is 1. The lowest BCUT2D eigenvalue weighted by Gasteiger charge is -1.99. The zero-order valence-corrected chi connectivity index (χ0v) is 10.2. The van der Waals surface area contributed by atoms with Crippen LogP contribution in [0.1, 0.15) is 0 Å². The molecule has 0 aliphatic rings. The Kier molecular flexibility index (Phi) is 3.02. The minimum absolute atomic E-state index is 0.345. The Morgan fingerprint density at radius 1 is 0.800 bits per heavy atom. The van der Waals surface area contributed by atoms with Crippen molar-refractivity contribution < 1.29 is 13.2 Å². The molecule has 0 aliphatic heterocycles. The molecule has 0 radical (unpaired) electrons. The molecule has 0 spiro atoms. The first kappa shape index (κ1) is 12.5. The fourth-order valence-electron chi connectivity index (χ4n) is 1.96. The molecule has 1 heterocycles. The highest BCUT2D eigenvalue weighted by atomic mass is 19.1. The van der Waals surface area contributed by atoms with Gasteiger partial charge in [-0.05, 0) is 24.3 Å². The summed E-state index contributed by atoms with van der Waals surface area (Å²) < 4.78 is 39.5. The van der Waals surface area contributed by atoms with Gasteiger partial charge in [-0.1, -0.05) is 12.1 Å². The molecular weight excluding hydrogens is 265 g/mol. The zero-order chi connectivity index (χ0) is 14.1. The van der Waals surface area contributed by atoms with Gasteiger partial charge in [-0.15, -0.1) is 0 Å². The van der Waals surface area contributed by atoms with Gasteiger partial charge in [-0.25, -0.2) is 18.2 Å². The highest BCUT2D eigenvalue weighted by molar-refractivity contribution is 5.64. The summed E-state index contributed by atoms with van der Waals surface area (Å²) in [5.74, 6) is -1.27. The van der Waals surface area contributed by atoms with Gasteiger partial charge in [0.05, 0.1) is 11.9 Å². The first-order valence-electron chi connectivity index (χ1n) is 5.89. The Morgan fingerprint density at radius 3 is 2.20 bits per heavy atom. The van der Waals surface area contributed by atoms with Crippen LogP contribution in [0.2, 0.25) is 0 Å². The molecule has 3 aromatic rings. The van der Waals surface area contributed by atoms with Gasteiger partial charge in [-0.3, -0.25) is 0 Å². The average Bonchev–Trinajstić information content (AvgIpc) is 2.87. The van der Waals surface area contributed by atoms with Crippen molar-refractivity contribution in [2.24, 2.45) is 0 Å². The number of benzene rings is 2. The third kappa shape index (κ3) is 2.42. The van der Waals surface area contributed by atoms with Gasteiger partial charge < -0.3 is 4.98 Å². The van der Waals surface area contributed by atoms with Crippen LogP contribution in [0.4, 0.5) is 13.2 Å². The monoisotopic (exact) mass is 274 g/mol. The first-order chi connectivity index (χ1) is 9.61. The van der Waals surface area contributed by atoms with E-state index < -0.39 is 11.6 Å². The molecular formula is C15H9F3N2. The Morgan fingerprint density at radius 2 is 1.50 bits per heavy atom. The van der Waals surface area contributed by atoms with Gasteiger partial charge in [0.25, 0.3) is 0 Å². The zero-order valence-electron chi connectivity index (χ0n) is 10.2. The van der Waals surface area contributed by atoms with Gasteiger partial charge in [0.15, 0.2) is 0 Å². The fourth-order valence-corrected chi connectivity index (χ4v) is 1.96. The SMILES string of the molecule is Fc1cc(F)cc(-c2cnc(-c3cccc(F)c3)[nH]2)c1. The summed E-state index contributed by atoms with van der Waals surface area (Å²) in [6, 6.07) is 9.11. The molecule has 5 heteroatoms. The molecule has 2 nitrogen and oxygen atoms in total. The highest BCUT2D eigenvalue weighted by Crippen LogP contribution is 2.23. The van der Waals surface area contributed by atoms with Crippen LogP contribution in [0.15, 0.2) is 48.7 Å². The fraction of sp³-hybridized carbons (Fsp3) is 0. The lowest BCUT2D eigenvalue weighted by atomic mass is 10.1. The maximum atomic E-state index is 13.2. The van der Waals surface area contributed by atoms with E-state index in [1.165, 1.54) is 30.5 Å². The van der Waals surface area contributed by atoms with E-state index in [1.807, 2.05) is 0 Å². The Balaban J connectivity index is 2.02. The quantitative estimate of drug-likeness (QED) is 0.746. The van der Waals surface area contributed by atoms with Crippen molar-refractivity contribution in [1.29, 1.82) is 0 Å². The van der Waals surface area contributed by atoms with Crippen LogP contribution in [0.3, 0.4) is 0 Å². The summed E-state index contributed by atoms with van der Waals surface area (Å²) in [6.45, 7) is 0. The summed E-state index contributed by atoms with van der Waals surface area (Å²) in [4.78, 5) is 7.01. The summed E-state index contributed by atoms with van der Waals surface area (Å²) in [5.41, 5.74) is 1.37. The van der Waals surface area contributed by atoms with Gasteiger partial charge >= 0.3 is 0 Å². The number of rotatable bonds is 2. The number of aromatic amines is 1. The van der Waals surface area contributed by atoms with Crippen LogP contribution in [0.25, 0.3) is 22.6 Å². The van der Waals surface area contributed by atoms with Crippen molar-refractivity contribution in [2.75, 3.05) is 0 Å². The normalized spacial score (nSPS) is 10.8. The molecule has 2 aromatic carbocycles. The van der Waals surface area contributed by atoms with E-state index in [0.29, 0.717) is 22.6 Å². The number of hydrogen-bond donors (Lipinski definition) is 1. The third-order valence-electron chi connectivity index (χ3n) is 2.85. The lowest BCUT2D eigenvalue weighted by Crippen LogP contribution is -1.85. The minimum atomic E-state index is -0.665. The number of imidazole rings is 1. The van der Waals surface area contributed by atoms with Gasteiger partial charge in [0.2, 0.25) is 0 Å². The van der Waals surface area contributed by atoms with E-state index in [-0.39, 0.29) is 5.82 Å². The number of H-pyrrole nitrogens is 1. The van der Waals surface area contributed by atoms with Gasteiger partial charge in [0.1, 0.15) is 23.3 Å².